The summed E-state index contributed by atoms with van der Waals surface area (Å²) in [5.74, 6) is 0.670. The van der Waals surface area contributed by atoms with E-state index in [4.69, 9.17) is 4.74 Å². The van der Waals surface area contributed by atoms with Gasteiger partial charge in [0.05, 0.1) is 7.11 Å². The maximum atomic E-state index is 13.2. The van der Waals surface area contributed by atoms with Crippen molar-refractivity contribution >= 4 is 10.8 Å². The van der Waals surface area contributed by atoms with E-state index in [0.717, 1.165) is 23.1 Å². The standard InChI is InChI=1S/C18H15FO/c1-20-18-8-7-15-10-14(5-6-16(15)12-18)9-13-3-2-4-17(19)11-13/h2-8,10-12H,9H2,1H3. The van der Waals surface area contributed by atoms with Crippen molar-refractivity contribution in [2.75, 3.05) is 7.11 Å². The summed E-state index contributed by atoms with van der Waals surface area (Å²) >= 11 is 0. The van der Waals surface area contributed by atoms with E-state index in [1.165, 1.54) is 17.0 Å². The molecule has 100 valence electrons. The summed E-state index contributed by atoms with van der Waals surface area (Å²) in [7, 11) is 1.67. The average molecular weight is 266 g/mol. The molecule has 0 heterocycles. The topological polar surface area (TPSA) is 9.23 Å². The van der Waals surface area contributed by atoms with E-state index in [-0.39, 0.29) is 5.82 Å². The quantitative estimate of drug-likeness (QED) is 0.674. The molecule has 0 fully saturated rings. The smallest absolute Gasteiger partial charge is 0.123 e. The van der Waals surface area contributed by atoms with Crippen molar-refractivity contribution < 1.29 is 9.13 Å². The highest BCUT2D eigenvalue weighted by atomic mass is 19.1. The summed E-state index contributed by atoms with van der Waals surface area (Å²) in [4.78, 5) is 0. The molecule has 3 rings (SSSR count). The molecule has 0 aromatic heterocycles. The van der Waals surface area contributed by atoms with Crippen LogP contribution in [-0.4, -0.2) is 7.11 Å². The number of benzene rings is 3. The van der Waals surface area contributed by atoms with Gasteiger partial charge in [-0.2, -0.15) is 0 Å². The molecule has 0 aliphatic carbocycles. The van der Waals surface area contributed by atoms with Crippen molar-refractivity contribution in [1.29, 1.82) is 0 Å². The molecule has 1 nitrogen and oxygen atoms in total. The van der Waals surface area contributed by atoms with E-state index in [0.29, 0.717) is 0 Å². The molecule has 0 spiro atoms. The Morgan fingerprint density at radius 2 is 1.60 bits per heavy atom. The van der Waals surface area contributed by atoms with Crippen molar-refractivity contribution in [1.82, 2.24) is 0 Å². The fourth-order valence-corrected chi connectivity index (χ4v) is 2.39. The maximum absolute atomic E-state index is 13.2. The minimum absolute atomic E-state index is 0.187. The lowest BCUT2D eigenvalue weighted by atomic mass is 10.0. The van der Waals surface area contributed by atoms with E-state index < -0.39 is 0 Å². The summed E-state index contributed by atoms with van der Waals surface area (Å²) < 4.78 is 18.4. The second-order valence-electron chi connectivity index (χ2n) is 4.85. The van der Waals surface area contributed by atoms with Crippen molar-refractivity contribution in [3.05, 3.63) is 77.6 Å². The summed E-state index contributed by atoms with van der Waals surface area (Å²) in [5, 5.41) is 2.31. The third-order valence-corrected chi connectivity index (χ3v) is 3.41. The highest BCUT2D eigenvalue weighted by molar-refractivity contribution is 5.84. The number of rotatable bonds is 3. The van der Waals surface area contributed by atoms with Crippen LogP contribution < -0.4 is 4.74 Å². The molecule has 0 amide bonds. The van der Waals surface area contributed by atoms with Gasteiger partial charge in [-0.15, -0.1) is 0 Å². The molecule has 0 radical (unpaired) electrons. The van der Waals surface area contributed by atoms with Gasteiger partial charge in [-0.05, 0) is 52.6 Å². The number of halogens is 1. The van der Waals surface area contributed by atoms with Gasteiger partial charge in [0.25, 0.3) is 0 Å². The Balaban J connectivity index is 1.93. The maximum Gasteiger partial charge on any atom is 0.123 e. The second kappa shape index (κ2) is 5.33. The first-order valence-electron chi connectivity index (χ1n) is 6.56. The lowest BCUT2D eigenvalue weighted by Gasteiger charge is -2.06. The highest BCUT2D eigenvalue weighted by Gasteiger charge is 2.01. The monoisotopic (exact) mass is 266 g/mol. The first kappa shape index (κ1) is 12.7. The number of hydrogen-bond acceptors (Lipinski definition) is 1. The predicted octanol–water partition coefficient (Wildman–Crippen LogP) is 4.58. The SMILES string of the molecule is COc1ccc2cc(Cc3cccc(F)c3)ccc2c1. The molecule has 0 bridgehead atoms. The Hall–Kier alpha value is -2.35. The largest absolute Gasteiger partial charge is 0.497 e. The molecule has 3 aromatic rings. The lowest BCUT2D eigenvalue weighted by molar-refractivity contribution is 0.415. The fourth-order valence-electron chi connectivity index (χ4n) is 2.39. The van der Waals surface area contributed by atoms with Crippen LogP contribution in [0.1, 0.15) is 11.1 Å². The Bertz CT molecular complexity index is 749. The van der Waals surface area contributed by atoms with Gasteiger partial charge in [-0.25, -0.2) is 4.39 Å². The minimum atomic E-state index is -0.187. The summed E-state index contributed by atoms with van der Waals surface area (Å²) in [6.07, 6.45) is 0.736. The van der Waals surface area contributed by atoms with E-state index in [1.54, 1.807) is 19.2 Å². The van der Waals surface area contributed by atoms with Crippen LogP contribution in [0.4, 0.5) is 4.39 Å². The molecule has 3 aromatic carbocycles. The molecule has 0 aliphatic heterocycles. The number of hydrogen-bond donors (Lipinski definition) is 0. The number of fused-ring (bicyclic) bond motifs is 1. The van der Waals surface area contributed by atoms with Crippen LogP contribution >= 0.6 is 0 Å². The summed E-state index contributed by atoms with van der Waals surface area (Å²) in [6.45, 7) is 0. The van der Waals surface area contributed by atoms with Crippen molar-refractivity contribution in [2.45, 2.75) is 6.42 Å². The van der Waals surface area contributed by atoms with E-state index in [2.05, 4.69) is 18.2 Å². The zero-order chi connectivity index (χ0) is 13.9. The molecule has 0 unspecified atom stereocenters. The van der Waals surface area contributed by atoms with Gasteiger partial charge in [0.1, 0.15) is 11.6 Å². The van der Waals surface area contributed by atoms with Gasteiger partial charge in [0.15, 0.2) is 0 Å². The van der Waals surface area contributed by atoms with Gasteiger partial charge in [0.2, 0.25) is 0 Å². The van der Waals surface area contributed by atoms with Crippen LogP contribution in [0.2, 0.25) is 0 Å². The molecule has 0 saturated heterocycles. The van der Waals surface area contributed by atoms with Crippen LogP contribution in [0, 0.1) is 5.82 Å². The summed E-state index contributed by atoms with van der Waals surface area (Å²) in [6, 6.07) is 19.0. The molecule has 0 atom stereocenters. The average Bonchev–Trinajstić information content (AvgIpc) is 2.47. The summed E-state index contributed by atoms with van der Waals surface area (Å²) in [5.41, 5.74) is 2.16. The van der Waals surface area contributed by atoms with Gasteiger partial charge < -0.3 is 4.74 Å². The zero-order valence-corrected chi connectivity index (χ0v) is 11.3. The van der Waals surface area contributed by atoms with Crippen LogP contribution in [0.15, 0.2) is 60.7 Å². The predicted molar refractivity (Wildman–Crippen MR) is 79.7 cm³/mol. The molecule has 2 heteroatoms. The molecule has 0 aliphatic rings. The van der Waals surface area contributed by atoms with Crippen LogP contribution in [-0.2, 0) is 6.42 Å². The minimum Gasteiger partial charge on any atom is -0.497 e. The van der Waals surface area contributed by atoms with E-state index >= 15 is 0 Å². The highest BCUT2D eigenvalue weighted by Crippen LogP contribution is 2.23. The molecule has 0 N–H and O–H groups in total. The van der Waals surface area contributed by atoms with Gasteiger partial charge in [-0.3, -0.25) is 0 Å². The Labute approximate surface area is 117 Å². The van der Waals surface area contributed by atoms with Crippen LogP contribution in [0.5, 0.6) is 5.75 Å². The first-order valence-corrected chi connectivity index (χ1v) is 6.56. The van der Waals surface area contributed by atoms with Gasteiger partial charge >= 0.3 is 0 Å². The van der Waals surface area contributed by atoms with Crippen LogP contribution in [0.25, 0.3) is 10.8 Å². The van der Waals surface area contributed by atoms with Crippen molar-refractivity contribution in [3.63, 3.8) is 0 Å². The lowest BCUT2D eigenvalue weighted by Crippen LogP contribution is -1.89. The fraction of sp³-hybridized carbons (Fsp3) is 0.111. The third-order valence-electron chi connectivity index (χ3n) is 3.41. The van der Waals surface area contributed by atoms with E-state index in [9.17, 15) is 4.39 Å². The Morgan fingerprint density at radius 3 is 2.40 bits per heavy atom. The van der Waals surface area contributed by atoms with Gasteiger partial charge in [-0.1, -0.05) is 36.4 Å². The molecule has 0 saturated carbocycles. The molecular weight excluding hydrogens is 251 g/mol. The first-order chi connectivity index (χ1) is 9.74. The number of ether oxygens (including phenoxy) is 1. The third kappa shape index (κ3) is 2.64. The molecule has 20 heavy (non-hydrogen) atoms. The Kier molecular flexibility index (Phi) is 3.38. The van der Waals surface area contributed by atoms with E-state index in [1.807, 2.05) is 24.3 Å². The normalized spacial score (nSPS) is 10.7. The molecular formula is C18H15FO. The van der Waals surface area contributed by atoms with Gasteiger partial charge in [0, 0.05) is 0 Å². The van der Waals surface area contributed by atoms with Crippen molar-refractivity contribution in [3.8, 4) is 5.75 Å². The number of methoxy groups -OCH3 is 1. The van der Waals surface area contributed by atoms with Crippen LogP contribution in [0.3, 0.4) is 0 Å². The zero-order valence-electron chi connectivity index (χ0n) is 11.3. The second-order valence-corrected chi connectivity index (χ2v) is 4.85. The van der Waals surface area contributed by atoms with Crippen molar-refractivity contribution in [2.24, 2.45) is 0 Å². The Morgan fingerprint density at radius 1 is 0.850 bits per heavy atom.